The number of alkyl carbamates (subject to hydrolysis) is 1. The molecule has 0 spiro atoms. The van der Waals surface area contributed by atoms with E-state index in [1.54, 1.807) is 45.0 Å². The Bertz CT molecular complexity index is 1970. The van der Waals surface area contributed by atoms with E-state index in [2.05, 4.69) is 25.9 Å². The Labute approximate surface area is 308 Å². The summed E-state index contributed by atoms with van der Waals surface area (Å²) in [5.74, 6) is -0.456. The fraction of sp³-hybridized carbons (Fsp3) is 0.550. The van der Waals surface area contributed by atoms with E-state index >= 15 is 0 Å². The average Bonchev–Trinajstić information content (AvgIpc) is 3.90. The molecule has 2 aliphatic carbocycles. The van der Waals surface area contributed by atoms with E-state index in [-0.39, 0.29) is 35.5 Å². The van der Waals surface area contributed by atoms with Crippen LogP contribution in [0.4, 0.5) is 14.9 Å². The molecule has 2 aromatic carbocycles. The van der Waals surface area contributed by atoms with Crippen LogP contribution in [0.15, 0.2) is 48.5 Å². The fourth-order valence-electron chi connectivity index (χ4n) is 8.87. The minimum Gasteiger partial charge on any atom is -0.444 e. The number of alkyl halides is 1. The van der Waals surface area contributed by atoms with E-state index in [9.17, 15) is 23.6 Å². The number of rotatable bonds is 8. The summed E-state index contributed by atoms with van der Waals surface area (Å²) in [6, 6.07) is 13.2. The molecule has 282 valence electrons. The van der Waals surface area contributed by atoms with Crippen LogP contribution in [-0.4, -0.2) is 79.6 Å². The summed E-state index contributed by atoms with van der Waals surface area (Å²) in [6.07, 6.45) is 8.09. The zero-order valence-corrected chi connectivity index (χ0v) is 30.8. The van der Waals surface area contributed by atoms with Gasteiger partial charge in [0.2, 0.25) is 11.8 Å². The van der Waals surface area contributed by atoms with Crippen molar-refractivity contribution in [2.45, 2.75) is 103 Å². The number of carbonyl (C=O) groups excluding carboxylic acids is 4. The van der Waals surface area contributed by atoms with Crippen LogP contribution < -0.4 is 10.6 Å². The molecule has 0 unspecified atom stereocenters. The van der Waals surface area contributed by atoms with Gasteiger partial charge in [0.05, 0.1) is 11.6 Å². The Morgan fingerprint density at radius 2 is 1.72 bits per heavy atom. The quantitative estimate of drug-likeness (QED) is 0.177. The number of H-pyrrole nitrogens is 1. The van der Waals surface area contributed by atoms with Crippen molar-refractivity contribution < 1.29 is 28.3 Å². The van der Waals surface area contributed by atoms with E-state index < -0.39 is 30.5 Å². The number of aromatic amines is 1. The lowest BCUT2D eigenvalue weighted by Crippen LogP contribution is -2.50. The van der Waals surface area contributed by atoms with E-state index in [0.29, 0.717) is 60.6 Å². The van der Waals surface area contributed by atoms with E-state index in [0.717, 1.165) is 43.0 Å². The van der Waals surface area contributed by atoms with Crippen molar-refractivity contribution >= 4 is 51.4 Å². The number of nitrogens with one attached hydrogen (secondary N) is 3. The Morgan fingerprint density at radius 3 is 2.45 bits per heavy atom. The summed E-state index contributed by atoms with van der Waals surface area (Å²) in [7, 11) is 0. The Kier molecular flexibility index (Phi) is 10.5. The molecule has 7 rings (SSSR count). The smallest absolute Gasteiger partial charge is 0.407 e. The van der Waals surface area contributed by atoms with Crippen molar-refractivity contribution in [3.63, 3.8) is 0 Å². The molecule has 2 saturated carbocycles. The highest BCUT2D eigenvalue weighted by Crippen LogP contribution is 2.41. The number of anilines is 1. The second-order valence-corrected chi connectivity index (χ2v) is 16.1. The van der Waals surface area contributed by atoms with Gasteiger partial charge in [0, 0.05) is 29.1 Å². The molecule has 3 aliphatic rings. The van der Waals surface area contributed by atoms with Crippen molar-refractivity contribution in [1.29, 1.82) is 0 Å². The zero-order valence-electron chi connectivity index (χ0n) is 30.8. The highest BCUT2D eigenvalue weighted by molar-refractivity contribution is 6.04. The monoisotopic (exact) mass is 727 g/mol. The molecule has 0 radical (unpaired) electrons. The van der Waals surface area contributed by atoms with Gasteiger partial charge in [0.1, 0.15) is 29.5 Å². The molecule has 3 amide bonds. The number of fused-ring (bicyclic) bond motifs is 2. The molecule has 3 atom stereocenters. The molecule has 4 aromatic rings. The van der Waals surface area contributed by atoms with E-state index in [1.807, 2.05) is 29.2 Å². The number of carbonyl (C=O) groups is 4. The lowest BCUT2D eigenvalue weighted by atomic mass is 9.76. The molecule has 0 bridgehead atoms. The second kappa shape index (κ2) is 15.3. The standard InChI is InChI=1S/C40H50FN7O5/c1-40(2,3)53-39(52)44-33(23-41)25-13-15-26(16-14-25)37(50)47-20-19-29(24-9-5-4-6-10-24)35(47)36(49)42-28-17-18-30-27(21-28)22-32(43-30)38(51)48-34-12-8-7-11-31(34)45-46-48/h7-8,11-12,17-18,21-22,24-26,29,33,35,43H,4-6,9-10,13-16,19-20,23H2,1-3H3,(H,42,49)(H,44,52)/t25-,26-,29-,33+,35-/m0/s1. The number of aromatic nitrogens is 4. The van der Waals surface area contributed by atoms with Crippen molar-refractivity contribution in [3.05, 3.63) is 54.2 Å². The topological polar surface area (TPSA) is 151 Å². The molecule has 12 nitrogen and oxygen atoms in total. The van der Waals surface area contributed by atoms with Gasteiger partial charge in [-0.15, -0.1) is 5.10 Å². The van der Waals surface area contributed by atoms with Gasteiger partial charge in [-0.3, -0.25) is 14.4 Å². The predicted molar refractivity (Wildman–Crippen MR) is 199 cm³/mol. The van der Waals surface area contributed by atoms with Crippen LogP contribution in [0.2, 0.25) is 0 Å². The van der Waals surface area contributed by atoms with Gasteiger partial charge in [-0.2, -0.15) is 4.68 Å². The van der Waals surface area contributed by atoms with Crippen molar-refractivity contribution in [1.82, 2.24) is 30.2 Å². The maximum absolute atomic E-state index is 14.3. The van der Waals surface area contributed by atoms with Crippen LogP contribution in [0.3, 0.4) is 0 Å². The highest BCUT2D eigenvalue weighted by Gasteiger charge is 2.47. The maximum Gasteiger partial charge on any atom is 0.407 e. The highest BCUT2D eigenvalue weighted by atomic mass is 19.1. The van der Waals surface area contributed by atoms with Crippen LogP contribution in [0.5, 0.6) is 0 Å². The van der Waals surface area contributed by atoms with Crippen LogP contribution >= 0.6 is 0 Å². The normalized spacial score (nSPS) is 23.2. The number of hydrogen-bond acceptors (Lipinski definition) is 7. The molecular weight excluding hydrogens is 677 g/mol. The molecule has 3 fully saturated rings. The third kappa shape index (κ3) is 7.94. The minimum absolute atomic E-state index is 0.0105. The number of likely N-dealkylation sites (tertiary alicyclic amines) is 1. The first-order valence-corrected chi connectivity index (χ1v) is 19.1. The summed E-state index contributed by atoms with van der Waals surface area (Å²) in [6.45, 7) is 5.13. The molecular formula is C40H50FN7O5. The van der Waals surface area contributed by atoms with Crippen molar-refractivity contribution in [3.8, 4) is 0 Å². The second-order valence-electron chi connectivity index (χ2n) is 16.1. The summed E-state index contributed by atoms with van der Waals surface area (Å²) < 4.78 is 20.7. The SMILES string of the molecule is CC(C)(C)OC(=O)N[C@H](CF)[C@H]1CC[C@H](C(=O)N2CC[C@@H](C3CCCCC3)[C@H]2C(=O)Nc2ccc3[nH]c(C(=O)n4nnc5ccccc54)cc3c2)CC1. The van der Waals surface area contributed by atoms with Gasteiger partial charge >= 0.3 is 6.09 Å². The molecule has 53 heavy (non-hydrogen) atoms. The Balaban J connectivity index is 1.04. The molecule has 13 heteroatoms. The number of para-hydroxylation sites is 1. The first kappa shape index (κ1) is 36.5. The van der Waals surface area contributed by atoms with Gasteiger partial charge in [-0.05, 0) is 107 Å². The number of ether oxygens (including phenoxy) is 1. The van der Waals surface area contributed by atoms with Crippen LogP contribution in [0, 0.1) is 23.7 Å². The summed E-state index contributed by atoms with van der Waals surface area (Å²) in [5.41, 5.74) is 2.22. The summed E-state index contributed by atoms with van der Waals surface area (Å²) >= 11 is 0. The minimum atomic E-state index is -0.703. The predicted octanol–water partition coefficient (Wildman–Crippen LogP) is 7.01. The number of benzene rings is 2. The molecule has 3 heterocycles. The number of hydrogen-bond donors (Lipinski definition) is 3. The molecule has 2 aromatic heterocycles. The zero-order chi connectivity index (χ0) is 37.3. The Hall–Kier alpha value is -4.81. The average molecular weight is 728 g/mol. The van der Waals surface area contributed by atoms with E-state index in [1.165, 1.54) is 11.1 Å². The Morgan fingerprint density at radius 1 is 0.962 bits per heavy atom. The number of nitrogens with zero attached hydrogens (tertiary/aromatic N) is 4. The summed E-state index contributed by atoms with van der Waals surface area (Å²) in [5, 5.41) is 14.7. The summed E-state index contributed by atoms with van der Waals surface area (Å²) in [4.78, 5) is 59.3. The molecule has 3 N–H and O–H groups in total. The van der Waals surface area contributed by atoms with Crippen molar-refractivity contribution in [2.75, 3.05) is 18.5 Å². The number of halogens is 1. The van der Waals surface area contributed by atoms with Gasteiger partial charge < -0.3 is 25.3 Å². The van der Waals surface area contributed by atoms with Crippen molar-refractivity contribution in [2.24, 2.45) is 23.7 Å². The lowest BCUT2D eigenvalue weighted by molar-refractivity contribution is -0.142. The fourth-order valence-corrected chi connectivity index (χ4v) is 8.87. The van der Waals surface area contributed by atoms with Gasteiger partial charge in [-0.1, -0.05) is 49.5 Å². The third-order valence-corrected chi connectivity index (χ3v) is 11.5. The first-order valence-electron chi connectivity index (χ1n) is 19.1. The third-order valence-electron chi connectivity index (χ3n) is 11.5. The van der Waals surface area contributed by atoms with Crippen LogP contribution in [0.25, 0.3) is 21.9 Å². The molecule has 1 saturated heterocycles. The maximum atomic E-state index is 14.3. The van der Waals surface area contributed by atoms with Gasteiger partial charge in [-0.25, -0.2) is 9.18 Å². The van der Waals surface area contributed by atoms with E-state index in [4.69, 9.17) is 4.74 Å². The van der Waals surface area contributed by atoms with Gasteiger partial charge in [0.25, 0.3) is 5.91 Å². The van der Waals surface area contributed by atoms with Crippen LogP contribution in [-0.2, 0) is 14.3 Å². The van der Waals surface area contributed by atoms with Gasteiger partial charge in [0.15, 0.2) is 0 Å². The lowest BCUT2D eigenvalue weighted by Gasteiger charge is -2.37. The molecule has 1 aliphatic heterocycles. The van der Waals surface area contributed by atoms with Crippen LogP contribution in [0.1, 0.15) is 95.5 Å². The largest absolute Gasteiger partial charge is 0.444 e. The first-order chi connectivity index (χ1) is 25.5. The number of amides is 3.